The van der Waals surface area contributed by atoms with Gasteiger partial charge in [-0.1, -0.05) is 32.3 Å². The van der Waals surface area contributed by atoms with Crippen molar-refractivity contribution in [3.63, 3.8) is 0 Å². The number of hydrogen-bond donors (Lipinski definition) is 2. The molecule has 0 unspecified atom stereocenters. The molecular weight excluding hydrogens is 352 g/mol. The second-order valence-corrected chi connectivity index (χ2v) is 7.22. The summed E-state index contributed by atoms with van der Waals surface area (Å²) in [5, 5.41) is 5.96. The third-order valence-corrected chi connectivity index (χ3v) is 4.91. The second-order valence-electron chi connectivity index (χ2n) is 7.22. The summed E-state index contributed by atoms with van der Waals surface area (Å²) in [7, 11) is 0. The average molecular weight is 380 g/mol. The summed E-state index contributed by atoms with van der Waals surface area (Å²) in [4.78, 5) is 25.0. The molecule has 2 N–H and O–H groups in total. The van der Waals surface area contributed by atoms with Crippen molar-refractivity contribution in [1.29, 1.82) is 0 Å². The lowest BCUT2D eigenvalue weighted by Crippen LogP contribution is -2.36. The molecule has 5 heteroatoms. The molecule has 2 amide bonds. The lowest BCUT2D eigenvalue weighted by Gasteiger charge is -2.22. The van der Waals surface area contributed by atoms with Gasteiger partial charge in [-0.25, -0.2) is 0 Å². The van der Waals surface area contributed by atoms with Crippen molar-refractivity contribution in [2.45, 2.75) is 51.5 Å². The predicted molar refractivity (Wildman–Crippen MR) is 111 cm³/mol. The van der Waals surface area contributed by atoms with Crippen molar-refractivity contribution in [3.8, 4) is 5.75 Å². The highest BCUT2D eigenvalue weighted by atomic mass is 16.5. The van der Waals surface area contributed by atoms with Crippen LogP contribution in [0.2, 0.25) is 0 Å². The largest absolute Gasteiger partial charge is 0.494 e. The van der Waals surface area contributed by atoms with E-state index in [2.05, 4.69) is 10.6 Å². The standard InChI is InChI=1S/C23H28N2O3/c1-2-15-28-21-13-11-17(12-14-21)22(26)25-20-10-6-7-18(16-20)23(27)24-19-8-4-3-5-9-19/h6-7,10-14,16,19H,2-5,8-9,15H2,1H3,(H,24,27)(H,25,26). The Balaban J connectivity index is 1.60. The zero-order chi connectivity index (χ0) is 19.8. The van der Waals surface area contributed by atoms with E-state index in [1.807, 2.05) is 6.92 Å². The molecule has 3 rings (SSSR count). The van der Waals surface area contributed by atoms with Gasteiger partial charge in [0, 0.05) is 22.9 Å². The van der Waals surface area contributed by atoms with E-state index in [1.165, 1.54) is 19.3 Å². The van der Waals surface area contributed by atoms with Crippen molar-refractivity contribution >= 4 is 17.5 Å². The van der Waals surface area contributed by atoms with Crippen LogP contribution in [0, 0.1) is 0 Å². The first-order chi connectivity index (χ1) is 13.7. The van der Waals surface area contributed by atoms with Gasteiger partial charge < -0.3 is 15.4 Å². The van der Waals surface area contributed by atoms with Crippen molar-refractivity contribution in [1.82, 2.24) is 5.32 Å². The zero-order valence-electron chi connectivity index (χ0n) is 16.4. The Hall–Kier alpha value is -2.82. The predicted octanol–water partition coefficient (Wildman–Crippen LogP) is 4.79. The van der Waals surface area contributed by atoms with Crippen molar-refractivity contribution < 1.29 is 14.3 Å². The number of anilines is 1. The number of rotatable bonds is 7. The first-order valence-electron chi connectivity index (χ1n) is 10.1. The van der Waals surface area contributed by atoms with Gasteiger partial charge in [-0.05, 0) is 61.7 Å². The number of benzene rings is 2. The molecule has 1 saturated carbocycles. The first kappa shape index (κ1) is 19.9. The third-order valence-electron chi connectivity index (χ3n) is 4.91. The highest BCUT2D eigenvalue weighted by molar-refractivity contribution is 6.05. The molecule has 0 bridgehead atoms. The van der Waals surface area contributed by atoms with E-state index in [4.69, 9.17) is 4.74 Å². The Bertz CT molecular complexity index is 796. The minimum Gasteiger partial charge on any atom is -0.494 e. The number of ether oxygens (including phenoxy) is 1. The summed E-state index contributed by atoms with van der Waals surface area (Å²) in [6.07, 6.45) is 6.61. The normalized spacial score (nSPS) is 14.3. The fourth-order valence-electron chi connectivity index (χ4n) is 3.38. The van der Waals surface area contributed by atoms with Crippen LogP contribution >= 0.6 is 0 Å². The van der Waals surface area contributed by atoms with Crippen LogP contribution in [-0.2, 0) is 0 Å². The van der Waals surface area contributed by atoms with Crippen LogP contribution < -0.4 is 15.4 Å². The quantitative estimate of drug-likeness (QED) is 0.726. The first-order valence-corrected chi connectivity index (χ1v) is 10.1. The van der Waals surface area contributed by atoms with Crippen LogP contribution in [0.1, 0.15) is 66.2 Å². The monoisotopic (exact) mass is 380 g/mol. The van der Waals surface area contributed by atoms with Gasteiger partial charge in [0.25, 0.3) is 11.8 Å². The third kappa shape index (κ3) is 5.59. The Morgan fingerprint density at radius 3 is 2.43 bits per heavy atom. The highest BCUT2D eigenvalue weighted by Crippen LogP contribution is 2.19. The molecule has 0 spiro atoms. The molecule has 0 aromatic heterocycles. The van der Waals surface area contributed by atoms with Crippen LogP contribution in [0.3, 0.4) is 0 Å². The maximum absolute atomic E-state index is 12.5. The molecule has 2 aromatic rings. The van der Waals surface area contributed by atoms with Crippen molar-refractivity contribution in [2.75, 3.05) is 11.9 Å². The summed E-state index contributed by atoms with van der Waals surface area (Å²) in [6, 6.07) is 14.4. The van der Waals surface area contributed by atoms with E-state index in [-0.39, 0.29) is 17.9 Å². The van der Waals surface area contributed by atoms with Gasteiger partial charge in [-0.15, -0.1) is 0 Å². The lowest BCUT2D eigenvalue weighted by molar-refractivity contribution is 0.0926. The van der Waals surface area contributed by atoms with Crippen LogP contribution in [0.25, 0.3) is 0 Å². The van der Waals surface area contributed by atoms with Gasteiger partial charge in [-0.2, -0.15) is 0 Å². The topological polar surface area (TPSA) is 67.4 Å². The average Bonchev–Trinajstić information content (AvgIpc) is 2.73. The van der Waals surface area contributed by atoms with Gasteiger partial charge in [0.15, 0.2) is 0 Å². The molecule has 0 aliphatic heterocycles. The minimum absolute atomic E-state index is 0.0829. The van der Waals surface area contributed by atoms with Crippen LogP contribution in [0.5, 0.6) is 5.75 Å². The van der Waals surface area contributed by atoms with Crippen LogP contribution in [0.4, 0.5) is 5.69 Å². The van der Waals surface area contributed by atoms with Gasteiger partial charge >= 0.3 is 0 Å². The van der Waals surface area contributed by atoms with Crippen LogP contribution in [0.15, 0.2) is 48.5 Å². The second kappa shape index (κ2) is 9.93. The summed E-state index contributed by atoms with van der Waals surface area (Å²) in [5.74, 6) is 0.451. The maximum Gasteiger partial charge on any atom is 0.255 e. The molecule has 148 valence electrons. The number of nitrogens with one attached hydrogen (secondary N) is 2. The fourth-order valence-corrected chi connectivity index (χ4v) is 3.38. The van der Waals surface area contributed by atoms with Gasteiger partial charge in [0.1, 0.15) is 5.75 Å². The molecule has 0 radical (unpaired) electrons. The smallest absolute Gasteiger partial charge is 0.255 e. The van der Waals surface area contributed by atoms with E-state index in [0.717, 1.165) is 25.0 Å². The molecule has 0 atom stereocenters. The minimum atomic E-state index is -0.216. The van der Waals surface area contributed by atoms with Crippen molar-refractivity contribution in [3.05, 3.63) is 59.7 Å². The molecule has 5 nitrogen and oxygen atoms in total. The molecular formula is C23H28N2O3. The molecule has 0 heterocycles. The van der Waals surface area contributed by atoms with E-state index >= 15 is 0 Å². The summed E-state index contributed by atoms with van der Waals surface area (Å²) < 4.78 is 5.54. The van der Waals surface area contributed by atoms with Gasteiger partial charge in [-0.3, -0.25) is 9.59 Å². The molecule has 0 saturated heterocycles. The van der Waals surface area contributed by atoms with Gasteiger partial charge in [0.05, 0.1) is 6.61 Å². The summed E-state index contributed by atoms with van der Waals surface area (Å²) in [5.41, 5.74) is 1.71. The lowest BCUT2D eigenvalue weighted by atomic mass is 9.95. The molecule has 1 aliphatic carbocycles. The van der Waals surface area contributed by atoms with Crippen LogP contribution in [-0.4, -0.2) is 24.5 Å². The number of hydrogen-bond acceptors (Lipinski definition) is 3. The zero-order valence-corrected chi connectivity index (χ0v) is 16.4. The Kier molecular flexibility index (Phi) is 7.06. The number of carbonyl (C=O) groups is 2. The fraction of sp³-hybridized carbons (Fsp3) is 0.391. The van der Waals surface area contributed by atoms with E-state index in [9.17, 15) is 9.59 Å². The SMILES string of the molecule is CCCOc1ccc(C(=O)Nc2cccc(C(=O)NC3CCCCC3)c2)cc1. The Morgan fingerprint density at radius 2 is 1.71 bits per heavy atom. The van der Waals surface area contributed by atoms with E-state index in [0.29, 0.717) is 23.4 Å². The van der Waals surface area contributed by atoms with Gasteiger partial charge in [0.2, 0.25) is 0 Å². The Morgan fingerprint density at radius 1 is 0.964 bits per heavy atom. The number of amides is 2. The molecule has 28 heavy (non-hydrogen) atoms. The molecule has 1 fully saturated rings. The van der Waals surface area contributed by atoms with Crippen molar-refractivity contribution in [2.24, 2.45) is 0 Å². The Labute approximate surface area is 166 Å². The summed E-state index contributed by atoms with van der Waals surface area (Å²) >= 11 is 0. The molecule has 2 aromatic carbocycles. The van der Waals surface area contributed by atoms with E-state index in [1.54, 1.807) is 48.5 Å². The van der Waals surface area contributed by atoms with E-state index < -0.39 is 0 Å². The summed E-state index contributed by atoms with van der Waals surface area (Å²) in [6.45, 7) is 2.70. The maximum atomic E-state index is 12.5. The highest BCUT2D eigenvalue weighted by Gasteiger charge is 2.17. The molecule has 1 aliphatic rings. The number of carbonyl (C=O) groups excluding carboxylic acids is 2.